The maximum Gasteiger partial charge on any atom is 0.332 e. The molecule has 0 aliphatic heterocycles. The van der Waals surface area contributed by atoms with Gasteiger partial charge in [0.25, 0.3) is 5.56 Å². The van der Waals surface area contributed by atoms with Gasteiger partial charge in [0.1, 0.15) is 5.02 Å². The predicted molar refractivity (Wildman–Crippen MR) is 79.3 cm³/mol. The van der Waals surface area contributed by atoms with Gasteiger partial charge in [0.2, 0.25) is 0 Å². The van der Waals surface area contributed by atoms with E-state index in [-0.39, 0.29) is 10.7 Å². The lowest BCUT2D eigenvalue weighted by Gasteiger charge is -2.18. The fourth-order valence-electron chi connectivity index (χ4n) is 1.81. The van der Waals surface area contributed by atoms with Gasteiger partial charge in [-0.25, -0.2) is 9.48 Å². The smallest absolute Gasteiger partial charge is 0.332 e. The number of hydrogen-bond acceptors (Lipinski definition) is 5. The number of carbonyl (C=O) groups is 1. The number of carbonyl (C=O) groups excluding carboxylic acids is 1. The van der Waals surface area contributed by atoms with Gasteiger partial charge < -0.3 is 10.1 Å². The molecule has 1 aromatic carbocycles. The lowest BCUT2D eigenvalue weighted by atomic mass is 10.1. The third-order valence-corrected chi connectivity index (χ3v) is 3.31. The lowest BCUT2D eigenvalue weighted by Crippen LogP contribution is -2.26. The molecule has 0 saturated heterocycles. The van der Waals surface area contributed by atoms with Crippen molar-refractivity contribution in [2.45, 2.75) is 6.04 Å². The van der Waals surface area contributed by atoms with Gasteiger partial charge >= 0.3 is 5.97 Å². The largest absolute Gasteiger partial charge is 0.467 e. The highest BCUT2D eigenvalue weighted by atomic mass is 35.5. The molecule has 0 fully saturated rings. The summed E-state index contributed by atoms with van der Waals surface area (Å²) in [5.41, 5.74) is 0.526. The maximum absolute atomic E-state index is 11.9. The Morgan fingerprint density at radius 2 is 2.05 bits per heavy atom. The number of methoxy groups -OCH3 is 1. The molecule has 2 aromatic rings. The molecule has 1 aromatic heterocycles. The average molecular weight is 308 g/mol. The van der Waals surface area contributed by atoms with Gasteiger partial charge in [-0.1, -0.05) is 41.9 Å². The van der Waals surface area contributed by atoms with Crippen LogP contribution in [-0.2, 0) is 16.6 Å². The van der Waals surface area contributed by atoms with Crippen LogP contribution in [0.5, 0.6) is 0 Å². The van der Waals surface area contributed by atoms with Gasteiger partial charge in [-0.2, -0.15) is 5.10 Å². The average Bonchev–Trinajstić information content (AvgIpc) is 2.52. The highest BCUT2D eigenvalue weighted by Crippen LogP contribution is 2.23. The molecular weight excluding hydrogens is 294 g/mol. The monoisotopic (exact) mass is 307 g/mol. The summed E-state index contributed by atoms with van der Waals surface area (Å²) in [4.78, 5) is 23.7. The van der Waals surface area contributed by atoms with Crippen LogP contribution in [0.25, 0.3) is 0 Å². The molecule has 0 radical (unpaired) electrons. The molecule has 6 nitrogen and oxygen atoms in total. The van der Waals surface area contributed by atoms with Crippen LogP contribution in [-0.4, -0.2) is 22.9 Å². The zero-order valence-electron chi connectivity index (χ0n) is 11.5. The van der Waals surface area contributed by atoms with Crippen LogP contribution in [0.3, 0.4) is 0 Å². The number of anilines is 1. The second kappa shape index (κ2) is 6.41. The van der Waals surface area contributed by atoms with E-state index < -0.39 is 17.6 Å². The number of ether oxygens (including phenoxy) is 1. The minimum Gasteiger partial charge on any atom is -0.467 e. The number of benzene rings is 1. The minimum atomic E-state index is -0.775. The van der Waals surface area contributed by atoms with Crippen LogP contribution < -0.4 is 10.9 Å². The topological polar surface area (TPSA) is 73.2 Å². The summed E-state index contributed by atoms with van der Waals surface area (Å²) in [7, 11) is 2.79. The fourth-order valence-corrected chi connectivity index (χ4v) is 2.03. The first kappa shape index (κ1) is 15.1. The summed E-state index contributed by atoms with van der Waals surface area (Å²) in [6, 6.07) is 8.22. The number of esters is 1. The Hall–Kier alpha value is -2.34. The fraction of sp³-hybridized carbons (Fsp3) is 0.214. The molecule has 110 valence electrons. The standard InChI is InChI=1S/C14H14ClN3O3/c1-18-13(19)11(15)10(8-16-18)17-12(14(20)21-2)9-6-4-3-5-7-9/h3-8,12,17H,1-2H3. The van der Waals surface area contributed by atoms with Crippen LogP contribution in [0.4, 0.5) is 5.69 Å². The Labute approximate surface area is 126 Å². The molecule has 0 aliphatic carbocycles. The first-order chi connectivity index (χ1) is 10.0. The molecule has 21 heavy (non-hydrogen) atoms. The van der Waals surface area contributed by atoms with Crippen molar-refractivity contribution in [2.75, 3.05) is 12.4 Å². The third-order valence-electron chi connectivity index (χ3n) is 2.95. The molecule has 7 heteroatoms. The molecule has 0 amide bonds. The lowest BCUT2D eigenvalue weighted by molar-refractivity contribution is -0.141. The second-order valence-electron chi connectivity index (χ2n) is 4.31. The van der Waals surface area contributed by atoms with E-state index in [1.165, 1.54) is 20.4 Å². The number of rotatable bonds is 4. The number of aromatic nitrogens is 2. The van der Waals surface area contributed by atoms with Crippen molar-refractivity contribution in [3.63, 3.8) is 0 Å². The van der Waals surface area contributed by atoms with Gasteiger partial charge in [-0.05, 0) is 5.56 Å². The molecule has 1 unspecified atom stereocenters. The molecule has 2 rings (SSSR count). The molecule has 0 aliphatic rings. The highest BCUT2D eigenvalue weighted by Gasteiger charge is 2.22. The molecule has 1 N–H and O–H groups in total. The second-order valence-corrected chi connectivity index (χ2v) is 4.69. The molecule has 1 heterocycles. The van der Waals surface area contributed by atoms with E-state index in [4.69, 9.17) is 16.3 Å². The van der Waals surface area contributed by atoms with Gasteiger partial charge in [0.15, 0.2) is 6.04 Å². The summed E-state index contributed by atoms with van der Waals surface area (Å²) in [5.74, 6) is -0.488. The SMILES string of the molecule is COC(=O)C(Nc1cnn(C)c(=O)c1Cl)c1ccccc1. The van der Waals surface area contributed by atoms with Crippen LogP contribution in [0.2, 0.25) is 5.02 Å². The zero-order valence-corrected chi connectivity index (χ0v) is 12.3. The molecule has 0 saturated carbocycles. The van der Waals surface area contributed by atoms with E-state index in [0.717, 1.165) is 4.68 Å². The van der Waals surface area contributed by atoms with Crippen molar-refractivity contribution >= 4 is 23.3 Å². The number of hydrogen-bond donors (Lipinski definition) is 1. The Morgan fingerprint density at radius 1 is 1.38 bits per heavy atom. The summed E-state index contributed by atoms with van der Waals surface area (Å²) >= 11 is 5.99. The van der Waals surface area contributed by atoms with Crippen molar-refractivity contribution in [3.05, 3.63) is 57.5 Å². The van der Waals surface area contributed by atoms with Crippen LogP contribution in [0, 0.1) is 0 Å². The van der Waals surface area contributed by atoms with E-state index >= 15 is 0 Å². The van der Waals surface area contributed by atoms with Crippen molar-refractivity contribution in [2.24, 2.45) is 7.05 Å². The molecule has 0 spiro atoms. The number of aryl methyl sites for hydroxylation is 1. The van der Waals surface area contributed by atoms with E-state index in [1.54, 1.807) is 24.3 Å². The summed E-state index contributed by atoms with van der Waals surface area (Å²) in [6.07, 6.45) is 1.39. The van der Waals surface area contributed by atoms with Gasteiger partial charge in [0, 0.05) is 7.05 Å². The van der Waals surface area contributed by atoms with E-state index in [0.29, 0.717) is 5.56 Å². The van der Waals surface area contributed by atoms with Crippen LogP contribution in [0.15, 0.2) is 41.3 Å². The van der Waals surface area contributed by atoms with Crippen molar-refractivity contribution < 1.29 is 9.53 Å². The molecule has 1 atom stereocenters. The summed E-state index contributed by atoms with van der Waals surface area (Å²) in [6.45, 7) is 0. The third kappa shape index (κ3) is 3.22. The van der Waals surface area contributed by atoms with Gasteiger partial charge in [-0.15, -0.1) is 0 Å². The quantitative estimate of drug-likeness (QED) is 0.871. The Morgan fingerprint density at radius 3 is 2.67 bits per heavy atom. The summed E-state index contributed by atoms with van der Waals surface area (Å²) in [5, 5.41) is 6.75. The predicted octanol–water partition coefficient (Wildman–Crippen LogP) is 1.76. The highest BCUT2D eigenvalue weighted by molar-refractivity contribution is 6.33. The summed E-state index contributed by atoms with van der Waals surface area (Å²) < 4.78 is 5.90. The van der Waals surface area contributed by atoms with Crippen molar-refractivity contribution in [1.29, 1.82) is 0 Å². The maximum atomic E-state index is 11.9. The van der Waals surface area contributed by atoms with Crippen molar-refractivity contribution in [3.8, 4) is 0 Å². The number of nitrogens with one attached hydrogen (secondary N) is 1. The molecular formula is C14H14ClN3O3. The van der Waals surface area contributed by atoms with Gasteiger partial charge in [-0.3, -0.25) is 4.79 Å². The minimum absolute atomic E-state index is 0.0302. The van der Waals surface area contributed by atoms with E-state index in [9.17, 15) is 9.59 Å². The first-order valence-electron chi connectivity index (χ1n) is 6.15. The van der Waals surface area contributed by atoms with Crippen molar-refractivity contribution in [1.82, 2.24) is 9.78 Å². The Bertz CT molecular complexity index is 700. The number of halogens is 1. The normalized spacial score (nSPS) is 11.8. The van der Waals surface area contributed by atoms with Crippen LogP contribution >= 0.6 is 11.6 Å². The zero-order chi connectivity index (χ0) is 15.4. The first-order valence-corrected chi connectivity index (χ1v) is 6.53. The van der Waals surface area contributed by atoms with E-state index in [2.05, 4.69) is 10.4 Å². The molecule has 0 bridgehead atoms. The van der Waals surface area contributed by atoms with E-state index in [1.807, 2.05) is 6.07 Å². The Balaban J connectivity index is 2.39. The number of nitrogens with zero attached hydrogens (tertiary/aromatic N) is 2. The Kier molecular flexibility index (Phi) is 4.59. The van der Waals surface area contributed by atoms with Crippen LogP contribution in [0.1, 0.15) is 11.6 Å². The van der Waals surface area contributed by atoms with Gasteiger partial charge in [0.05, 0.1) is 19.0 Å².